The van der Waals surface area contributed by atoms with Crippen LogP contribution in [0, 0.1) is 0 Å². The quantitative estimate of drug-likeness (QED) is 0.615. The number of benzene rings is 2. The minimum absolute atomic E-state index is 0.122. The predicted molar refractivity (Wildman–Crippen MR) is 102 cm³/mol. The van der Waals surface area contributed by atoms with Crippen LogP contribution in [0.25, 0.3) is 0 Å². The standard InChI is InChI=1S/C20H24N4O2/c1-26-18-9-7-16(8-10-18)15-22-23-20(25)19(17-5-3-2-4-6-17)24-13-11-21-12-14-24/h2-10,15,19,21H,11-14H2,1H3,(H,23,25)/b22-15+. The van der Waals surface area contributed by atoms with Crippen molar-refractivity contribution in [1.82, 2.24) is 15.6 Å². The first kappa shape index (κ1) is 18.1. The van der Waals surface area contributed by atoms with Crippen LogP contribution < -0.4 is 15.5 Å². The number of hydrazone groups is 1. The highest BCUT2D eigenvalue weighted by atomic mass is 16.5. The van der Waals surface area contributed by atoms with E-state index in [1.54, 1.807) is 13.3 Å². The first-order valence-corrected chi connectivity index (χ1v) is 8.74. The van der Waals surface area contributed by atoms with Gasteiger partial charge in [-0.2, -0.15) is 5.10 Å². The molecule has 0 aliphatic carbocycles. The monoisotopic (exact) mass is 352 g/mol. The first-order valence-electron chi connectivity index (χ1n) is 8.74. The maximum absolute atomic E-state index is 12.8. The molecule has 6 nitrogen and oxygen atoms in total. The summed E-state index contributed by atoms with van der Waals surface area (Å²) < 4.78 is 5.13. The summed E-state index contributed by atoms with van der Waals surface area (Å²) in [6.07, 6.45) is 1.64. The molecule has 0 aromatic heterocycles. The summed E-state index contributed by atoms with van der Waals surface area (Å²) in [6.45, 7) is 3.42. The van der Waals surface area contributed by atoms with Crippen molar-refractivity contribution in [1.29, 1.82) is 0 Å². The van der Waals surface area contributed by atoms with Gasteiger partial charge in [-0.1, -0.05) is 30.3 Å². The molecule has 1 aliphatic heterocycles. The molecule has 1 fully saturated rings. The Balaban J connectivity index is 1.69. The number of piperazine rings is 1. The fraction of sp³-hybridized carbons (Fsp3) is 0.300. The van der Waals surface area contributed by atoms with Crippen molar-refractivity contribution < 1.29 is 9.53 Å². The van der Waals surface area contributed by atoms with E-state index in [1.165, 1.54) is 0 Å². The third-order valence-corrected chi connectivity index (χ3v) is 4.38. The predicted octanol–water partition coefficient (Wildman–Crippen LogP) is 1.79. The number of carbonyl (C=O) groups is 1. The molecule has 3 rings (SSSR count). The van der Waals surface area contributed by atoms with Gasteiger partial charge in [-0.05, 0) is 35.4 Å². The zero-order valence-electron chi connectivity index (χ0n) is 14.9. The van der Waals surface area contributed by atoms with Crippen LogP contribution >= 0.6 is 0 Å². The summed E-state index contributed by atoms with van der Waals surface area (Å²) in [5, 5.41) is 7.45. The molecule has 1 atom stereocenters. The van der Waals surface area contributed by atoms with Gasteiger partial charge in [0.2, 0.25) is 0 Å². The lowest BCUT2D eigenvalue weighted by Gasteiger charge is -2.33. The van der Waals surface area contributed by atoms with Crippen molar-refractivity contribution in [2.75, 3.05) is 33.3 Å². The molecule has 2 aromatic carbocycles. The van der Waals surface area contributed by atoms with Crippen LogP contribution in [-0.4, -0.2) is 50.3 Å². The Morgan fingerprint density at radius 1 is 1.15 bits per heavy atom. The summed E-state index contributed by atoms with van der Waals surface area (Å²) in [6, 6.07) is 17.0. The number of rotatable bonds is 6. The molecule has 0 radical (unpaired) electrons. The molecule has 1 amide bonds. The van der Waals surface area contributed by atoms with Gasteiger partial charge in [0.15, 0.2) is 0 Å². The average molecular weight is 352 g/mol. The van der Waals surface area contributed by atoms with Gasteiger partial charge in [0.25, 0.3) is 5.91 Å². The van der Waals surface area contributed by atoms with E-state index in [0.29, 0.717) is 0 Å². The highest BCUT2D eigenvalue weighted by molar-refractivity contribution is 5.85. The Kier molecular flexibility index (Phi) is 6.35. The van der Waals surface area contributed by atoms with E-state index < -0.39 is 0 Å². The van der Waals surface area contributed by atoms with Gasteiger partial charge in [-0.25, -0.2) is 5.43 Å². The van der Waals surface area contributed by atoms with Crippen LogP contribution in [0.5, 0.6) is 5.75 Å². The van der Waals surface area contributed by atoms with Crippen LogP contribution in [0.2, 0.25) is 0 Å². The van der Waals surface area contributed by atoms with Crippen LogP contribution in [-0.2, 0) is 4.79 Å². The van der Waals surface area contributed by atoms with Gasteiger partial charge in [0.05, 0.1) is 13.3 Å². The summed E-state index contributed by atoms with van der Waals surface area (Å²) in [4.78, 5) is 15.0. The number of hydrogen-bond donors (Lipinski definition) is 2. The fourth-order valence-electron chi connectivity index (χ4n) is 3.03. The fourth-order valence-corrected chi connectivity index (χ4v) is 3.03. The Bertz CT molecular complexity index is 725. The van der Waals surface area contributed by atoms with E-state index in [1.807, 2.05) is 54.6 Å². The molecule has 1 aliphatic rings. The number of hydrogen-bond acceptors (Lipinski definition) is 5. The Morgan fingerprint density at radius 2 is 1.85 bits per heavy atom. The van der Waals surface area contributed by atoms with Crippen molar-refractivity contribution in [3.63, 3.8) is 0 Å². The molecule has 1 heterocycles. The SMILES string of the molecule is COc1ccc(/C=N/NC(=O)C(c2ccccc2)N2CCNCC2)cc1. The van der Waals surface area contributed by atoms with E-state index in [2.05, 4.69) is 20.7 Å². The highest BCUT2D eigenvalue weighted by Gasteiger charge is 2.28. The van der Waals surface area contributed by atoms with E-state index in [9.17, 15) is 4.79 Å². The van der Waals surface area contributed by atoms with E-state index in [4.69, 9.17) is 4.74 Å². The molecule has 2 N–H and O–H groups in total. The number of nitrogens with one attached hydrogen (secondary N) is 2. The van der Waals surface area contributed by atoms with Gasteiger partial charge >= 0.3 is 0 Å². The Morgan fingerprint density at radius 3 is 2.50 bits per heavy atom. The molecular weight excluding hydrogens is 328 g/mol. The van der Waals surface area contributed by atoms with Gasteiger partial charge in [-0.15, -0.1) is 0 Å². The molecule has 0 spiro atoms. The lowest BCUT2D eigenvalue weighted by molar-refractivity contribution is -0.127. The summed E-state index contributed by atoms with van der Waals surface area (Å²) in [5.74, 6) is 0.664. The second kappa shape index (κ2) is 9.12. The maximum Gasteiger partial charge on any atom is 0.262 e. The second-order valence-corrected chi connectivity index (χ2v) is 6.11. The Hall–Kier alpha value is -2.70. The van der Waals surface area contributed by atoms with Gasteiger partial charge in [-0.3, -0.25) is 9.69 Å². The summed E-state index contributed by atoms with van der Waals surface area (Å²) in [7, 11) is 1.63. The van der Waals surface area contributed by atoms with E-state index >= 15 is 0 Å². The largest absolute Gasteiger partial charge is 0.497 e. The van der Waals surface area contributed by atoms with Crippen LogP contribution in [0.4, 0.5) is 0 Å². The molecule has 0 saturated carbocycles. The van der Waals surface area contributed by atoms with Crippen molar-refractivity contribution in [2.24, 2.45) is 5.10 Å². The zero-order chi connectivity index (χ0) is 18.2. The summed E-state index contributed by atoms with van der Waals surface area (Å²) in [5.41, 5.74) is 4.56. The first-order chi connectivity index (χ1) is 12.8. The number of methoxy groups -OCH3 is 1. The highest BCUT2D eigenvalue weighted by Crippen LogP contribution is 2.21. The van der Waals surface area contributed by atoms with Gasteiger partial charge in [0.1, 0.15) is 11.8 Å². The average Bonchev–Trinajstić information content (AvgIpc) is 2.70. The van der Waals surface area contributed by atoms with E-state index in [0.717, 1.165) is 43.1 Å². The Labute approximate surface area is 153 Å². The molecule has 0 bridgehead atoms. The molecule has 6 heteroatoms. The number of nitrogens with zero attached hydrogens (tertiary/aromatic N) is 2. The van der Waals surface area contributed by atoms with Crippen LogP contribution in [0.15, 0.2) is 59.7 Å². The maximum atomic E-state index is 12.8. The zero-order valence-corrected chi connectivity index (χ0v) is 14.9. The molecule has 136 valence electrons. The molecule has 1 unspecified atom stereocenters. The molecule has 1 saturated heterocycles. The van der Waals surface area contributed by atoms with Crippen LogP contribution in [0.1, 0.15) is 17.2 Å². The number of ether oxygens (including phenoxy) is 1. The van der Waals surface area contributed by atoms with Crippen molar-refractivity contribution >= 4 is 12.1 Å². The molecular formula is C20H24N4O2. The second-order valence-electron chi connectivity index (χ2n) is 6.11. The molecule has 2 aromatic rings. The third-order valence-electron chi connectivity index (χ3n) is 4.38. The van der Waals surface area contributed by atoms with Crippen LogP contribution in [0.3, 0.4) is 0 Å². The van der Waals surface area contributed by atoms with E-state index in [-0.39, 0.29) is 11.9 Å². The number of carbonyl (C=O) groups excluding carboxylic acids is 1. The lowest BCUT2D eigenvalue weighted by Crippen LogP contribution is -2.48. The topological polar surface area (TPSA) is 66.0 Å². The molecule has 26 heavy (non-hydrogen) atoms. The van der Waals surface area contributed by atoms with Gasteiger partial charge in [0, 0.05) is 26.2 Å². The normalized spacial score (nSPS) is 16.3. The summed E-state index contributed by atoms with van der Waals surface area (Å²) >= 11 is 0. The van der Waals surface area contributed by atoms with Gasteiger partial charge < -0.3 is 10.1 Å². The number of amides is 1. The van der Waals surface area contributed by atoms with Crippen molar-refractivity contribution in [3.8, 4) is 5.75 Å². The lowest BCUT2D eigenvalue weighted by atomic mass is 10.0. The minimum Gasteiger partial charge on any atom is -0.497 e. The van der Waals surface area contributed by atoms with Crippen molar-refractivity contribution in [3.05, 3.63) is 65.7 Å². The third kappa shape index (κ3) is 4.68. The smallest absolute Gasteiger partial charge is 0.262 e. The van der Waals surface area contributed by atoms with Crippen molar-refractivity contribution in [2.45, 2.75) is 6.04 Å². The minimum atomic E-state index is -0.341.